The summed E-state index contributed by atoms with van der Waals surface area (Å²) >= 11 is 0. The van der Waals surface area contributed by atoms with Crippen molar-refractivity contribution in [2.75, 3.05) is 0 Å². The van der Waals surface area contributed by atoms with Gasteiger partial charge in [0.1, 0.15) is 6.07 Å². The number of hydrogen-bond donors (Lipinski definition) is 0. The molecule has 0 radical (unpaired) electrons. The SMILES string of the molecule is CC(C)c1ccc2nc3c(c(C#N)c2c1)CCC3. The monoisotopic (exact) mass is 236 g/mol. The summed E-state index contributed by atoms with van der Waals surface area (Å²) in [6.45, 7) is 4.35. The van der Waals surface area contributed by atoms with Crippen molar-refractivity contribution in [2.45, 2.75) is 39.0 Å². The van der Waals surface area contributed by atoms with Gasteiger partial charge in [0.05, 0.1) is 11.1 Å². The molecule has 0 atom stereocenters. The fraction of sp³-hybridized carbons (Fsp3) is 0.375. The van der Waals surface area contributed by atoms with E-state index in [4.69, 9.17) is 4.98 Å². The van der Waals surface area contributed by atoms with Crippen LogP contribution < -0.4 is 0 Å². The third kappa shape index (κ3) is 1.59. The largest absolute Gasteiger partial charge is 0.252 e. The van der Waals surface area contributed by atoms with Crippen LogP contribution in [0.15, 0.2) is 18.2 Å². The van der Waals surface area contributed by atoms with E-state index in [0.717, 1.165) is 41.4 Å². The van der Waals surface area contributed by atoms with Gasteiger partial charge in [0.15, 0.2) is 0 Å². The number of aryl methyl sites for hydroxylation is 1. The Morgan fingerprint density at radius 2 is 2.11 bits per heavy atom. The molecule has 3 rings (SSSR count). The van der Waals surface area contributed by atoms with E-state index in [2.05, 4.69) is 38.1 Å². The molecule has 18 heavy (non-hydrogen) atoms. The maximum absolute atomic E-state index is 9.45. The first-order chi connectivity index (χ1) is 8.70. The van der Waals surface area contributed by atoms with E-state index in [1.807, 2.05) is 0 Å². The summed E-state index contributed by atoms with van der Waals surface area (Å²) in [7, 11) is 0. The molecule has 0 aliphatic heterocycles. The fourth-order valence-electron chi connectivity index (χ4n) is 2.77. The molecular weight excluding hydrogens is 220 g/mol. The second-order valence-electron chi connectivity index (χ2n) is 5.31. The Morgan fingerprint density at radius 1 is 1.28 bits per heavy atom. The highest BCUT2D eigenvalue weighted by atomic mass is 14.7. The van der Waals surface area contributed by atoms with Gasteiger partial charge in [-0.25, -0.2) is 0 Å². The smallest absolute Gasteiger partial charge is 0.100 e. The van der Waals surface area contributed by atoms with Crippen LogP contribution in [-0.2, 0) is 12.8 Å². The van der Waals surface area contributed by atoms with Crippen molar-refractivity contribution in [3.05, 3.63) is 40.6 Å². The van der Waals surface area contributed by atoms with E-state index >= 15 is 0 Å². The van der Waals surface area contributed by atoms with E-state index < -0.39 is 0 Å². The second kappa shape index (κ2) is 4.10. The van der Waals surface area contributed by atoms with Crippen LogP contribution in [0, 0.1) is 11.3 Å². The molecular formula is C16H16N2. The minimum absolute atomic E-state index is 0.481. The molecule has 2 heteroatoms. The maximum atomic E-state index is 9.45. The summed E-state index contributed by atoms with van der Waals surface area (Å²) < 4.78 is 0. The summed E-state index contributed by atoms with van der Waals surface area (Å²) in [6.07, 6.45) is 3.16. The lowest BCUT2D eigenvalue weighted by atomic mass is 9.96. The Labute approximate surface area is 107 Å². The molecule has 0 saturated heterocycles. The van der Waals surface area contributed by atoms with Crippen molar-refractivity contribution in [2.24, 2.45) is 0 Å². The third-order valence-electron chi connectivity index (χ3n) is 3.81. The number of benzene rings is 1. The van der Waals surface area contributed by atoms with Gasteiger partial charge in [-0.15, -0.1) is 0 Å². The van der Waals surface area contributed by atoms with Crippen molar-refractivity contribution in [1.29, 1.82) is 5.26 Å². The van der Waals surface area contributed by atoms with Crippen LogP contribution in [0.25, 0.3) is 10.9 Å². The molecule has 1 aromatic heterocycles. The average Bonchev–Trinajstić information content (AvgIpc) is 2.82. The molecule has 0 N–H and O–H groups in total. The van der Waals surface area contributed by atoms with E-state index in [1.54, 1.807) is 0 Å². The van der Waals surface area contributed by atoms with E-state index in [1.165, 1.54) is 11.1 Å². The molecule has 0 unspecified atom stereocenters. The predicted molar refractivity (Wildman–Crippen MR) is 72.6 cm³/mol. The van der Waals surface area contributed by atoms with Crippen LogP contribution in [0.1, 0.15) is 48.6 Å². The van der Waals surface area contributed by atoms with E-state index in [-0.39, 0.29) is 0 Å². The number of hydrogen-bond acceptors (Lipinski definition) is 2. The van der Waals surface area contributed by atoms with Gasteiger partial charge in [0.25, 0.3) is 0 Å². The van der Waals surface area contributed by atoms with Crippen LogP contribution in [0.3, 0.4) is 0 Å². The molecule has 0 spiro atoms. The Bertz CT molecular complexity index is 663. The van der Waals surface area contributed by atoms with Crippen LogP contribution in [0.5, 0.6) is 0 Å². The maximum Gasteiger partial charge on any atom is 0.100 e. The number of rotatable bonds is 1. The lowest BCUT2D eigenvalue weighted by Crippen LogP contribution is -1.97. The highest BCUT2D eigenvalue weighted by Gasteiger charge is 2.19. The van der Waals surface area contributed by atoms with Gasteiger partial charge in [-0.1, -0.05) is 19.9 Å². The highest BCUT2D eigenvalue weighted by Crippen LogP contribution is 2.31. The third-order valence-corrected chi connectivity index (χ3v) is 3.81. The summed E-state index contributed by atoms with van der Waals surface area (Å²) in [5.74, 6) is 0.481. The van der Waals surface area contributed by atoms with Crippen molar-refractivity contribution in [3.8, 4) is 6.07 Å². The molecule has 2 aromatic rings. The zero-order valence-electron chi connectivity index (χ0n) is 10.8. The normalized spacial score (nSPS) is 13.9. The van der Waals surface area contributed by atoms with Crippen molar-refractivity contribution < 1.29 is 0 Å². The zero-order valence-corrected chi connectivity index (χ0v) is 10.8. The van der Waals surface area contributed by atoms with Gasteiger partial charge in [0, 0.05) is 11.1 Å². The number of pyridine rings is 1. The molecule has 1 aliphatic rings. The van der Waals surface area contributed by atoms with Gasteiger partial charge in [-0.3, -0.25) is 4.98 Å². The van der Waals surface area contributed by atoms with Crippen molar-refractivity contribution >= 4 is 10.9 Å². The number of aromatic nitrogens is 1. The Morgan fingerprint density at radius 3 is 2.83 bits per heavy atom. The molecule has 2 nitrogen and oxygen atoms in total. The Kier molecular flexibility index (Phi) is 2.56. The minimum Gasteiger partial charge on any atom is -0.252 e. The number of nitriles is 1. The molecule has 1 aliphatic carbocycles. The average molecular weight is 236 g/mol. The first-order valence-electron chi connectivity index (χ1n) is 6.56. The highest BCUT2D eigenvalue weighted by molar-refractivity contribution is 5.87. The molecule has 0 fully saturated rings. The van der Waals surface area contributed by atoms with Gasteiger partial charge in [0.2, 0.25) is 0 Å². The number of nitrogens with zero attached hydrogens (tertiary/aromatic N) is 2. The molecule has 0 saturated carbocycles. The summed E-state index contributed by atoms with van der Waals surface area (Å²) in [5.41, 5.74) is 5.42. The lowest BCUT2D eigenvalue weighted by Gasteiger charge is -2.10. The number of fused-ring (bicyclic) bond motifs is 2. The van der Waals surface area contributed by atoms with E-state index in [0.29, 0.717) is 5.92 Å². The van der Waals surface area contributed by atoms with Crippen molar-refractivity contribution in [3.63, 3.8) is 0 Å². The van der Waals surface area contributed by atoms with Gasteiger partial charge >= 0.3 is 0 Å². The van der Waals surface area contributed by atoms with Crippen LogP contribution in [0.2, 0.25) is 0 Å². The summed E-state index contributed by atoms with van der Waals surface area (Å²) in [5, 5.41) is 10.5. The Hall–Kier alpha value is -1.88. The van der Waals surface area contributed by atoms with Crippen molar-refractivity contribution in [1.82, 2.24) is 4.98 Å². The van der Waals surface area contributed by atoms with Gasteiger partial charge < -0.3 is 0 Å². The predicted octanol–water partition coefficient (Wildman–Crippen LogP) is 3.72. The minimum atomic E-state index is 0.481. The second-order valence-corrected chi connectivity index (χ2v) is 5.31. The first kappa shape index (κ1) is 11.2. The molecule has 0 bridgehead atoms. The lowest BCUT2D eigenvalue weighted by molar-refractivity contribution is 0.868. The quantitative estimate of drug-likeness (QED) is 0.756. The van der Waals surface area contributed by atoms with Gasteiger partial charge in [-0.05, 0) is 48.4 Å². The first-order valence-corrected chi connectivity index (χ1v) is 6.56. The van der Waals surface area contributed by atoms with Crippen LogP contribution >= 0.6 is 0 Å². The Balaban J connectivity index is 2.35. The zero-order chi connectivity index (χ0) is 12.7. The van der Waals surface area contributed by atoms with Crippen LogP contribution in [0.4, 0.5) is 0 Å². The molecule has 1 aromatic carbocycles. The van der Waals surface area contributed by atoms with Gasteiger partial charge in [-0.2, -0.15) is 5.26 Å². The van der Waals surface area contributed by atoms with E-state index in [9.17, 15) is 5.26 Å². The topological polar surface area (TPSA) is 36.7 Å². The fourth-order valence-corrected chi connectivity index (χ4v) is 2.77. The summed E-state index contributed by atoms with van der Waals surface area (Å²) in [4.78, 5) is 4.71. The van der Waals surface area contributed by atoms with Crippen LogP contribution in [-0.4, -0.2) is 4.98 Å². The molecule has 90 valence electrons. The molecule has 1 heterocycles. The molecule has 0 amide bonds. The summed E-state index contributed by atoms with van der Waals surface area (Å²) in [6, 6.07) is 8.73. The standard InChI is InChI=1S/C16H16N2/c1-10(2)11-6-7-16-13(8-11)14(9-17)12-4-3-5-15(12)18-16/h6-8,10H,3-5H2,1-2H3.